The molecule has 112 valence electrons. The second kappa shape index (κ2) is 5.51. The molecular weight excluding hydrogens is 286 g/mol. The van der Waals surface area contributed by atoms with Crippen molar-refractivity contribution in [3.05, 3.63) is 11.8 Å². The Hall–Kier alpha value is -1.45. The highest BCUT2D eigenvalue weighted by Gasteiger charge is 2.36. The molecule has 1 aromatic heterocycles. The van der Waals surface area contributed by atoms with E-state index in [-0.39, 0.29) is 23.7 Å². The van der Waals surface area contributed by atoms with Gasteiger partial charge in [-0.2, -0.15) is 5.10 Å². The third-order valence-corrected chi connectivity index (χ3v) is 4.62. The number of nitrogens with zero attached hydrogens (tertiary/aromatic N) is 1. The van der Waals surface area contributed by atoms with Crippen molar-refractivity contribution < 1.29 is 23.1 Å². The molecule has 1 aliphatic carbocycles. The topological polar surface area (TPSA) is 121 Å². The summed E-state index contributed by atoms with van der Waals surface area (Å²) in [7, 11) is -3.95. The third-order valence-electron chi connectivity index (χ3n) is 3.24. The molecule has 0 bridgehead atoms. The van der Waals surface area contributed by atoms with Gasteiger partial charge in [0.05, 0.1) is 18.4 Å². The van der Waals surface area contributed by atoms with Crippen LogP contribution in [0.1, 0.15) is 36.5 Å². The highest BCUT2D eigenvalue weighted by atomic mass is 32.2. The summed E-state index contributed by atoms with van der Waals surface area (Å²) in [4.78, 5) is 11.6. The minimum absolute atomic E-state index is 0.0867. The second-order valence-corrected chi connectivity index (χ2v) is 6.44. The van der Waals surface area contributed by atoms with Gasteiger partial charge in [-0.25, -0.2) is 17.9 Å². The van der Waals surface area contributed by atoms with Crippen molar-refractivity contribution in [3.8, 4) is 0 Å². The number of aromatic nitrogens is 2. The summed E-state index contributed by atoms with van der Waals surface area (Å²) in [5.41, 5.74) is -1.14. The lowest BCUT2D eigenvalue weighted by Crippen LogP contribution is -2.47. The van der Waals surface area contributed by atoms with Gasteiger partial charge in [0.1, 0.15) is 5.56 Å². The van der Waals surface area contributed by atoms with E-state index in [4.69, 9.17) is 4.74 Å². The second-order valence-electron chi connectivity index (χ2n) is 4.74. The number of esters is 1. The molecule has 0 aliphatic heterocycles. The van der Waals surface area contributed by atoms with Crippen LogP contribution in [0.15, 0.2) is 11.2 Å². The van der Waals surface area contributed by atoms with Gasteiger partial charge in [-0.15, -0.1) is 0 Å². The molecule has 20 heavy (non-hydrogen) atoms. The summed E-state index contributed by atoms with van der Waals surface area (Å²) in [5, 5.41) is 15.4. The Morgan fingerprint density at radius 1 is 1.60 bits per heavy atom. The molecular formula is C11H17N3O5S. The van der Waals surface area contributed by atoms with Gasteiger partial charge in [-0.05, 0) is 26.2 Å². The summed E-state index contributed by atoms with van der Waals surface area (Å²) in [6.45, 7) is 1.67. The fourth-order valence-corrected chi connectivity index (χ4v) is 3.10. The number of H-pyrrole nitrogens is 1. The van der Waals surface area contributed by atoms with E-state index >= 15 is 0 Å². The van der Waals surface area contributed by atoms with Crippen molar-refractivity contribution in [1.29, 1.82) is 0 Å². The molecule has 0 spiro atoms. The number of aliphatic hydroxyl groups is 1. The molecule has 3 N–H and O–H groups in total. The maximum absolute atomic E-state index is 12.1. The number of carbonyl (C=O) groups is 1. The van der Waals surface area contributed by atoms with Gasteiger partial charge in [0.25, 0.3) is 10.0 Å². The van der Waals surface area contributed by atoms with Crippen LogP contribution in [0.3, 0.4) is 0 Å². The number of rotatable bonds is 6. The standard InChI is InChI=1S/C11H17N3O5S/c1-2-19-10(15)8-6-12-14-9(8)20(17,18)13-7-11(16)4-3-5-11/h6,13,16H,2-5,7H2,1H3,(H,12,14). The molecule has 1 saturated carbocycles. The molecule has 0 saturated heterocycles. The zero-order valence-electron chi connectivity index (χ0n) is 11.0. The normalized spacial score (nSPS) is 17.5. The first kappa shape index (κ1) is 14.9. The molecule has 0 radical (unpaired) electrons. The highest BCUT2D eigenvalue weighted by Crippen LogP contribution is 2.31. The van der Waals surface area contributed by atoms with Gasteiger partial charge >= 0.3 is 5.97 Å². The van der Waals surface area contributed by atoms with Gasteiger partial charge in [-0.3, -0.25) is 5.10 Å². The zero-order chi connectivity index (χ0) is 14.8. The quantitative estimate of drug-likeness (QED) is 0.625. The van der Waals surface area contributed by atoms with Crippen LogP contribution in [0.2, 0.25) is 0 Å². The first-order chi connectivity index (χ1) is 9.38. The van der Waals surface area contributed by atoms with E-state index in [0.717, 1.165) is 12.6 Å². The monoisotopic (exact) mass is 303 g/mol. The maximum Gasteiger partial charge on any atom is 0.342 e. The van der Waals surface area contributed by atoms with Crippen LogP contribution < -0.4 is 4.72 Å². The van der Waals surface area contributed by atoms with Crippen molar-refractivity contribution in [3.63, 3.8) is 0 Å². The third kappa shape index (κ3) is 3.00. The van der Waals surface area contributed by atoms with Gasteiger partial charge in [0.2, 0.25) is 0 Å². The summed E-state index contributed by atoms with van der Waals surface area (Å²) in [6, 6.07) is 0. The van der Waals surface area contributed by atoms with E-state index in [9.17, 15) is 18.3 Å². The summed E-state index contributed by atoms with van der Waals surface area (Å²) in [6.07, 6.45) is 3.09. The molecule has 1 heterocycles. The number of ether oxygens (including phenoxy) is 1. The number of nitrogens with one attached hydrogen (secondary N) is 2. The number of hydrogen-bond acceptors (Lipinski definition) is 6. The molecule has 1 fully saturated rings. The fourth-order valence-electron chi connectivity index (χ4n) is 1.90. The Labute approximate surface area is 116 Å². The van der Waals surface area contributed by atoms with Gasteiger partial charge in [-0.1, -0.05) is 0 Å². The van der Waals surface area contributed by atoms with Crippen LogP contribution in [-0.2, 0) is 14.8 Å². The van der Waals surface area contributed by atoms with Gasteiger partial charge in [0.15, 0.2) is 5.03 Å². The van der Waals surface area contributed by atoms with E-state index in [1.165, 1.54) is 0 Å². The lowest BCUT2D eigenvalue weighted by Gasteiger charge is -2.36. The average molecular weight is 303 g/mol. The summed E-state index contributed by atoms with van der Waals surface area (Å²) >= 11 is 0. The SMILES string of the molecule is CCOC(=O)c1cn[nH]c1S(=O)(=O)NCC1(O)CCC1. The lowest BCUT2D eigenvalue weighted by molar-refractivity contribution is -0.0271. The predicted molar refractivity (Wildman–Crippen MR) is 68.5 cm³/mol. The number of aromatic amines is 1. The van der Waals surface area contributed by atoms with E-state index in [1.54, 1.807) is 6.92 Å². The zero-order valence-corrected chi connectivity index (χ0v) is 11.9. The Kier molecular flexibility index (Phi) is 4.11. The predicted octanol–water partition coefficient (Wildman–Crippen LogP) is -0.220. The summed E-state index contributed by atoms with van der Waals surface area (Å²) < 4.78 is 31.3. The first-order valence-electron chi connectivity index (χ1n) is 6.30. The van der Waals surface area contributed by atoms with E-state index in [0.29, 0.717) is 12.8 Å². The molecule has 0 unspecified atom stereocenters. The Morgan fingerprint density at radius 3 is 2.85 bits per heavy atom. The minimum atomic E-state index is -3.95. The van der Waals surface area contributed by atoms with E-state index in [2.05, 4.69) is 14.9 Å². The Bertz CT molecular complexity index is 591. The smallest absolute Gasteiger partial charge is 0.342 e. The molecule has 0 atom stereocenters. The maximum atomic E-state index is 12.1. The average Bonchev–Trinajstić information content (AvgIpc) is 2.84. The van der Waals surface area contributed by atoms with Crippen LogP contribution in [-0.4, -0.2) is 48.4 Å². The van der Waals surface area contributed by atoms with E-state index < -0.39 is 21.6 Å². The minimum Gasteiger partial charge on any atom is -0.462 e. The number of hydrogen-bond donors (Lipinski definition) is 3. The van der Waals surface area contributed by atoms with Crippen molar-refractivity contribution in [1.82, 2.24) is 14.9 Å². The first-order valence-corrected chi connectivity index (χ1v) is 7.79. The molecule has 9 heteroatoms. The largest absolute Gasteiger partial charge is 0.462 e. The van der Waals surface area contributed by atoms with Gasteiger partial charge in [0, 0.05) is 6.54 Å². The molecule has 0 aromatic carbocycles. The molecule has 2 rings (SSSR count). The van der Waals surface area contributed by atoms with Crippen molar-refractivity contribution in [2.45, 2.75) is 36.8 Å². The van der Waals surface area contributed by atoms with Crippen LogP contribution in [0.5, 0.6) is 0 Å². The molecule has 1 aliphatic rings. The van der Waals surface area contributed by atoms with Crippen molar-refractivity contribution in [2.24, 2.45) is 0 Å². The van der Waals surface area contributed by atoms with Crippen LogP contribution in [0.4, 0.5) is 0 Å². The lowest BCUT2D eigenvalue weighted by atomic mass is 9.81. The van der Waals surface area contributed by atoms with Crippen LogP contribution in [0.25, 0.3) is 0 Å². The molecule has 0 amide bonds. The Balaban J connectivity index is 2.13. The van der Waals surface area contributed by atoms with Gasteiger partial charge < -0.3 is 9.84 Å². The highest BCUT2D eigenvalue weighted by molar-refractivity contribution is 7.89. The van der Waals surface area contributed by atoms with Crippen molar-refractivity contribution in [2.75, 3.05) is 13.2 Å². The number of sulfonamides is 1. The van der Waals surface area contributed by atoms with E-state index in [1.807, 2.05) is 0 Å². The Morgan fingerprint density at radius 2 is 2.30 bits per heavy atom. The summed E-state index contributed by atoms with van der Waals surface area (Å²) in [5.74, 6) is -0.760. The molecule has 1 aromatic rings. The number of carbonyl (C=O) groups excluding carboxylic acids is 1. The fraction of sp³-hybridized carbons (Fsp3) is 0.636. The molecule has 8 nitrogen and oxygen atoms in total. The van der Waals surface area contributed by atoms with Crippen LogP contribution in [0, 0.1) is 0 Å². The van der Waals surface area contributed by atoms with Crippen molar-refractivity contribution >= 4 is 16.0 Å². The van der Waals surface area contributed by atoms with Crippen LogP contribution >= 0.6 is 0 Å².